The molecular formula is C14H13N3S3. The van der Waals surface area contributed by atoms with Gasteiger partial charge in [0.1, 0.15) is 4.99 Å². The maximum Gasteiger partial charge on any atom is 0.120 e. The molecule has 3 rings (SSSR count). The molecule has 0 aliphatic heterocycles. The Kier molecular flexibility index (Phi) is 3.69. The van der Waals surface area contributed by atoms with Gasteiger partial charge in [-0.25, -0.2) is 0 Å². The molecule has 0 aliphatic rings. The number of aromatic nitrogens is 1. The van der Waals surface area contributed by atoms with Gasteiger partial charge in [-0.1, -0.05) is 30.4 Å². The summed E-state index contributed by atoms with van der Waals surface area (Å²) in [5.41, 5.74) is 8.67. The van der Waals surface area contributed by atoms with Gasteiger partial charge in [0.05, 0.1) is 21.1 Å². The van der Waals surface area contributed by atoms with Crippen LogP contribution in [0.4, 0.5) is 5.69 Å². The number of thiocarbonyl (C=S) groups is 1. The SMILES string of the molecule is CN(Sc1cccs1)c1cccc2cc(C(N)=S)[nH]c12. The molecule has 0 bridgehead atoms. The van der Waals surface area contributed by atoms with E-state index in [1.54, 1.807) is 23.3 Å². The van der Waals surface area contributed by atoms with E-state index in [-0.39, 0.29) is 0 Å². The van der Waals surface area contributed by atoms with Crippen LogP contribution < -0.4 is 10.0 Å². The second-order valence-corrected chi connectivity index (χ2v) is 7.13. The molecule has 0 unspecified atom stereocenters. The Labute approximate surface area is 130 Å². The highest BCUT2D eigenvalue weighted by atomic mass is 32.2. The van der Waals surface area contributed by atoms with Crippen molar-refractivity contribution >= 4 is 57.1 Å². The predicted octanol–water partition coefficient (Wildman–Crippen LogP) is 4.01. The Morgan fingerprint density at radius 1 is 1.35 bits per heavy atom. The summed E-state index contributed by atoms with van der Waals surface area (Å²) in [5.74, 6) is 0. The number of hydrogen-bond donors (Lipinski definition) is 2. The second-order valence-electron chi connectivity index (χ2n) is 4.31. The first-order valence-corrected chi connectivity index (χ1v) is 8.08. The van der Waals surface area contributed by atoms with E-state index < -0.39 is 0 Å². The van der Waals surface area contributed by atoms with Crippen LogP contribution in [0.3, 0.4) is 0 Å². The zero-order valence-corrected chi connectivity index (χ0v) is 13.2. The largest absolute Gasteiger partial charge is 0.388 e. The molecule has 0 radical (unpaired) electrons. The first-order valence-electron chi connectivity index (χ1n) is 6.02. The number of nitrogens with two attached hydrogens (primary N) is 1. The Balaban J connectivity index is 2.00. The van der Waals surface area contributed by atoms with Crippen molar-refractivity contribution in [3.63, 3.8) is 0 Å². The number of rotatable bonds is 4. The van der Waals surface area contributed by atoms with Crippen LogP contribution in [0, 0.1) is 0 Å². The molecule has 102 valence electrons. The van der Waals surface area contributed by atoms with Crippen LogP contribution in [0.15, 0.2) is 46.0 Å². The minimum atomic E-state index is 0.390. The van der Waals surface area contributed by atoms with Gasteiger partial charge in [-0.2, -0.15) is 0 Å². The van der Waals surface area contributed by atoms with E-state index in [4.69, 9.17) is 18.0 Å². The van der Waals surface area contributed by atoms with Crippen LogP contribution in [0.25, 0.3) is 10.9 Å². The molecule has 3 nitrogen and oxygen atoms in total. The van der Waals surface area contributed by atoms with Crippen molar-refractivity contribution in [2.24, 2.45) is 5.73 Å². The number of fused-ring (bicyclic) bond motifs is 1. The van der Waals surface area contributed by atoms with Gasteiger partial charge in [-0.3, -0.25) is 0 Å². The monoisotopic (exact) mass is 319 g/mol. The minimum Gasteiger partial charge on any atom is -0.388 e. The Morgan fingerprint density at radius 3 is 2.90 bits per heavy atom. The number of hydrogen-bond acceptors (Lipinski definition) is 4. The second kappa shape index (κ2) is 5.47. The molecule has 20 heavy (non-hydrogen) atoms. The van der Waals surface area contributed by atoms with Crippen LogP contribution in [0.1, 0.15) is 5.69 Å². The normalized spacial score (nSPS) is 10.8. The number of thiophene rings is 1. The molecule has 3 N–H and O–H groups in total. The summed E-state index contributed by atoms with van der Waals surface area (Å²) in [7, 11) is 2.06. The van der Waals surface area contributed by atoms with Crippen LogP contribution in [-0.4, -0.2) is 17.0 Å². The van der Waals surface area contributed by atoms with Gasteiger partial charge in [0.15, 0.2) is 0 Å². The maximum absolute atomic E-state index is 5.70. The van der Waals surface area contributed by atoms with Crippen molar-refractivity contribution in [2.75, 3.05) is 11.4 Å². The lowest BCUT2D eigenvalue weighted by molar-refractivity contribution is 1.34. The summed E-state index contributed by atoms with van der Waals surface area (Å²) < 4.78 is 3.40. The van der Waals surface area contributed by atoms with E-state index >= 15 is 0 Å². The van der Waals surface area contributed by atoms with Crippen molar-refractivity contribution in [3.05, 3.63) is 47.5 Å². The quantitative estimate of drug-likeness (QED) is 0.563. The highest BCUT2D eigenvalue weighted by molar-refractivity contribution is 8.02. The average molecular weight is 319 g/mol. The summed E-state index contributed by atoms with van der Waals surface area (Å²) >= 11 is 8.47. The van der Waals surface area contributed by atoms with E-state index in [1.807, 2.05) is 12.1 Å². The lowest BCUT2D eigenvalue weighted by Crippen LogP contribution is -2.09. The van der Waals surface area contributed by atoms with Gasteiger partial charge in [0, 0.05) is 12.4 Å². The summed E-state index contributed by atoms with van der Waals surface area (Å²) in [6.45, 7) is 0. The molecule has 3 aromatic rings. The van der Waals surface area contributed by atoms with E-state index in [9.17, 15) is 0 Å². The van der Waals surface area contributed by atoms with Gasteiger partial charge in [-0.05, 0) is 35.5 Å². The van der Waals surface area contributed by atoms with Gasteiger partial charge in [0.2, 0.25) is 0 Å². The fourth-order valence-electron chi connectivity index (χ4n) is 2.03. The van der Waals surface area contributed by atoms with Gasteiger partial charge in [0.25, 0.3) is 0 Å². The summed E-state index contributed by atoms with van der Waals surface area (Å²) in [6, 6.07) is 12.3. The molecule has 0 fully saturated rings. The number of nitrogens with zero attached hydrogens (tertiary/aromatic N) is 1. The maximum atomic E-state index is 5.70. The van der Waals surface area contributed by atoms with Crippen molar-refractivity contribution < 1.29 is 0 Å². The third-order valence-electron chi connectivity index (χ3n) is 2.96. The Morgan fingerprint density at radius 2 is 2.20 bits per heavy atom. The van der Waals surface area contributed by atoms with Crippen LogP contribution in [0.5, 0.6) is 0 Å². The minimum absolute atomic E-state index is 0.390. The fourth-order valence-corrected chi connectivity index (χ4v) is 3.93. The lowest BCUT2D eigenvalue weighted by Gasteiger charge is -2.17. The predicted molar refractivity (Wildman–Crippen MR) is 92.8 cm³/mol. The van der Waals surface area contributed by atoms with E-state index in [2.05, 4.69) is 46.0 Å². The van der Waals surface area contributed by atoms with E-state index in [0.717, 1.165) is 22.3 Å². The zero-order chi connectivity index (χ0) is 14.1. The molecule has 0 aliphatic carbocycles. The standard InChI is InChI=1S/C14H13N3S3/c1-17(20-12-6-3-7-19-12)11-5-2-4-9-8-10(14(15)18)16-13(9)11/h2-8,16H,1H3,(H2,15,18). The lowest BCUT2D eigenvalue weighted by atomic mass is 10.2. The van der Waals surface area contributed by atoms with Crippen LogP contribution in [-0.2, 0) is 0 Å². The number of H-pyrrole nitrogens is 1. The molecule has 0 saturated carbocycles. The number of benzene rings is 1. The molecule has 1 aromatic carbocycles. The molecule has 0 atom stereocenters. The number of nitrogens with one attached hydrogen (secondary N) is 1. The molecule has 0 amide bonds. The first-order chi connectivity index (χ1) is 9.65. The Bertz CT molecular complexity index is 746. The molecular weight excluding hydrogens is 306 g/mol. The summed E-state index contributed by atoms with van der Waals surface area (Å²) in [6.07, 6.45) is 0. The molecule has 0 saturated heterocycles. The Hall–Kier alpha value is -1.50. The first kappa shape index (κ1) is 13.5. The third-order valence-corrected chi connectivity index (χ3v) is 5.14. The molecule has 2 aromatic heterocycles. The molecule has 2 heterocycles. The molecule has 0 spiro atoms. The van der Waals surface area contributed by atoms with Crippen molar-refractivity contribution in [1.29, 1.82) is 0 Å². The van der Waals surface area contributed by atoms with Gasteiger partial charge >= 0.3 is 0 Å². The fraction of sp³-hybridized carbons (Fsp3) is 0.0714. The van der Waals surface area contributed by atoms with Gasteiger partial charge < -0.3 is 15.0 Å². The number of para-hydroxylation sites is 1. The molecule has 6 heteroatoms. The van der Waals surface area contributed by atoms with E-state index in [1.165, 1.54) is 4.21 Å². The van der Waals surface area contributed by atoms with Crippen molar-refractivity contribution in [1.82, 2.24) is 4.98 Å². The third kappa shape index (κ3) is 2.54. The highest BCUT2D eigenvalue weighted by Crippen LogP contribution is 2.34. The van der Waals surface area contributed by atoms with Crippen LogP contribution >= 0.6 is 35.5 Å². The number of anilines is 1. The van der Waals surface area contributed by atoms with Crippen molar-refractivity contribution in [3.8, 4) is 0 Å². The smallest absolute Gasteiger partial charge is 0.120 e. The summed E-state index contributed by atoms with van der Waals surface area (Å²) in [4.78, 5) is 3.70. The van der Waals surface area contributed by atoms with Crippen molar-refractivity contribution in [2.45, 2.75) is 4.21 Å². The van der Waals surface area contributed by atoms with Gasteiger partial charge in [-0.15, -0.1) is 11.3 Å². The average Bonchev–Trinajstić information content (AvgIpc) is 3.05. The van der Waals surface area contributed by atoms with Crippen LogP contribution in [0.2, 0.25) is 0 Å². The van der Waals surface area contributed by atoms with E-state index in [0.29, 0.717) is 4.99 Å². The summed E-state index contributed by atoms with van der Waals surface area (Å²) in [5, 5.41) is 3.19. The number of aromatic amines is 1. The highest BCUT2D eigenvalue weighted by Gasteiger charge is 2.11. The zero-order valence-electron chi connectivity index (χ0n) is 10.8. The topological polar surface area (TPSA) is 45.0 Å².